The number of benzene rings is 2. The molecule has 2 rings (SSSR count). The van der Waals surface area contributed by atoms with Crippen molar-refractivity contribution in [3.8, 4) is 0 Å². The van der Waals surface area contributed by atoms with E-state index in [0.29, 0.717) is 0 Å². The summed E-state index contributed by atoms with van der Waals surface area (Å²) in [5.41, 5.74) is 1.78. The Hall–Kier alpha value is -2.00. The van der Waals surface area contributed by atoms with Crippen LogP contribution in [0.5, 0.6) is 0 Å². The van der Waals surface area contributed by atoms with Crippen molar-refractivity contribution in [1.82, 2.24) is 10.2 Å². The van der Waals surface area contributed by atoms with Crippen LogP contribution in [0.2, 0.25) is 15.1 Å². The van der Waals surface area contributed by atoms with Crippen molar-refractivity contribution in [2.45, 2.75) is 46.3 Å². The molecule has 0 aliphatic heterocycles. The molecule has 0 saturated heterocycles. The van der Waals surface area contributed by atoms with E-state index < -0.39 is 28.5 Å². The lowest BCUT2D eigenvalue weighted by Gasteiger charge is -2.32. The maximum absolute atomic E-state index is 13.5. The van der Waals surface area contributed by atoms with E-state index in [0.717, 1.165) is 21.7 Å². The lowest BCUT2D eigenvalue weighted by molar-refractivity contribution is -0.139. The zero-order valence-corrected chi connectivity index (χ0v) is 22.7. The molecule has 0 fully saturated rings. The van der Waals surface area contributed by atoms with Crippen LogP contribution in [-0.2, 0) is 26.2 Å². The molecule has 2 aromatic carbocycles. The number of aryl methyl sites for hydroxylation is 1. The maximum Gasteiger partial charge on any atom is 0.244 e. The highest BCUT2D eigenvalue weighted by molar-refractivity contribution is 7.92. The molecule has 11 heteroatoms. The molecular formula is C23H28Cl3N3O4S. The van der Waals surface area contributed by atoms with E-state index in [9.17, 15) is 18.0 Å². The largest absolute Gasteiger partial charge is 0.352 e. The van der Waals surface area contributed by atoms with E-state index in [1.807, 2.05) is 45.0 Å². The minimum absolute atomic E-state index is 0.0158. The summed E-state index contributed by atoms with van der Waals surface area (Å²) in [6.45, 7) is 6.66. The first-order valence-electron chi connectivity index (χ1n) is 10.5. The van der Waals surface area contributed by atoms with Gasteiger partial charge in [0.1, 0.15) is 12.6 Å². The number of rotatable bonds is 9. The molecule has 1 N–H and O–H groups in total. The third-order valence-electron chi connectivity index (χ3n) is 5.14. The average molecular weight is 549 g/mol. The number of halogens is 3. The number of hydrogen-bond acceptors (Lipinski definition) is 4. The first kappa shape index (κ1) is 28.2. The van der Waals surface area contributed by atoms with E-state index >= 15 is 0 Å². The number of hydrogen-bond donors (Lipinski definition) is 1. The topological polar surface area (TPSA) is 86.8 Å². The second-order valence-corrected chi connectivity index (χ2v) is 11.4. The molecule has 0 aliphatic carbocycles. The van der Waals surface area contributed by atoms with Crippen LogP contribution >= 0.6 is 34.8 Å². The summed E-state index contributed by atoms with van der Waals surface area (Å²) >= 11 is 18.3. The molecule has 0 heterocycles. The normalized spacial score (nSPS) is 12.4. The van der Waals surface area contributed by atoms with Gasteiger partial charge in [0.2, 0.25) is 21.8 Å². The molecule has 0 spiro atoms. The van der Waals surface area contributed by atoms with Gasteiger partial charge in [-0.1, -0.05) is 59.1 Å². The number of carbonyl (C=O) groups excluding carboxylic acids is 2. The maximum atomic E-state index is 13.5. The summed E-state index contributed by atoms with van der Waals surface area (Å²) in [6, 6.07) is 9.07. The van der Waals surface area contributed by atoms with Gasteiger partial charge in [-0.3, -0.25) is 13.9 Å². The Morgan fingerprint density at radius 3 is 2.15 bits per heavy atom. The highest BCUT2D eigenvalue weighted by Crippen LogP contribution is 2.35. The number of nitrogens with one attached hydrogen (secondary N) is 1. The Morgan fingerprint density at radius 2 is 1.59 bits per heavy atom. The predicted molar refractivity (Wildman–Crippen MR) is 138 cm³/mol. The fourth-order valence-electron chi connectivity index (χ4n) is 3.26. The van der Waals surface area contributed by atoms with E-state index in [-0.39, 0.29) is 39.2 Å². The molecule has 1 atom stereocenters. The third kappa shape index (κ3) is 7.25. The Morgan fingerprint density at radius 1 is 1.00 bits per heavy atom. The zero-order chi connectivity index (χ0) is 25.8. The van der Waals surface area contributed by atoms with Gasteiger partial charge in [-0.15, -0.1) is 0 Å². The summed E-state index contributed by atoms with van der Waals surface area (Å²) < 4.78 is 26.1. The molecule has 2 aromatic rings. The van der Waals surface area contributed by atoms with Crippen LogP contribution in [0.15, 0.2) is 36.4 Å². The first-order chi connectivity index (χ1) is 15.7. The zero-order valence-electron chi connectivity index (χ0n) is 19.6. The number of amides is 2. The first-order valence-corrected chi connectivity index (χ1v) is 13.5. The van der Waals surface area contributed by atoms with Gasteiger partial charge < -0.3 is 10.2 Å². The smallest absolute Gasteiger partial charge is 0.244 e. The van der Waals surface area contributed by atoms with Gasteiger partial charge >= 0.3 is 0 Å². The molecule has 7 nitrogen and oxygen atoms in total. The van der Waals surface area contributed by atoms with E-state index in [2.05, 4.69) is 5.32 Å². The van der Waals surface area contributed by atoms with Gasteiger partial charge in [-0.2, -0.15) is 0 Å². The number of anilines is 1. The highest BCUT2D eigenvalue weighted by Gasteiger charge is 2.31. The van der Waals surface area contributed by atoms with Gasteiger partial charge in [0.05, 0.1) is 27.0 Å². The summed E-state index contributed by atoms with van der Waals surface area (Å²) in [7, 11) is -3.95. The van der Waals surface area contributed by atoms with E-state index in [1.54, 1.807) is 6.92 Å². The van der Waals surface area contributed by atoms with Crippen molar-refractivity contribution in [3.63, 3.8) is 0 Å². The SMILES string of the molecule is Cc1ccccc1CN(C(=O)CN(c1cc(Cl)c(Cl)cc1Cl)S(C)(=O)=O)C(C)C(=O)NC(C)C. The summed E-state index contributed by atoms with van der Waals surface area (Å²) in [5, 5.41) is 3.05. The fraction of sp³-hybridized carbons (Fsp3) is 0.391. The summed E-state index contributed by atoms with van der Waals surface area (Å²) in [6.07, 6.45) is 0.958. The van der Waals surface area contributed by atoms with E-state index in [4.69, 9.17) is 34.8 Å². The van der Waals surface area contributed by atoms with Gasteiger partial charge in [0.25, 0.3) is 0 Å². The molecule has 1 unspecified atom stereocenters. The van der Waals surface area contributed by atoms with Gasteiger partial charge in [0.15, 0.2) is 0 Å². The third-order valence-corrected chi connectivity index (χ3v) is 7.29. The summed E-state index contributed by atoms with van der Waals surface area (Å²) in [4.78, 5) is 27.6. The summed E-state index contributed by atoms with van der Waals surface area (Å²) in [5.74, 6) is -0.933. The Kier molecular flexibility index (Phi) is 9.65. The van der Waals surface area contributed by atoms with Crippen molar-refractivity contribution in [2.24, 2.45) is 0 Å². The number of nitrogens with zero attached hydrogens (tertiary/aromatic N) is 2. The molecule has 0 radical (unpaired) electrons. The number of carbonyl (C=O) groups is 2. The Balaban J connectivity index is 2.48. The Bertz CT molecular complexity index is 1170. The molecule has 0 saturated carbocycles. The molecular weight excluding hydrogens is 521 g/mol. The van der Waals surface area contributed by atoms with Crippen molar-refractivity contribution in [2.75, 3.05) is 17.1 Å². The highest BCUT2D eigenvalue weighted by atomic mass is 35.5. The minimum Gasteiger partial charge on any atom is -0.352 e. The average Bonchev–Trinajstić information content (AvgIpc) is 2.72. The van der Waals surface area contributed by atoms with Crippen LogP contribution in [0.4, 0.5) is 5.69 Å². The molecule has 186 valence electrons. The van der Waals surface area contributed by atoms with Crippen molar-refractivity contribution in [1.29, 1.82) is 0 Å². The van der Waals surface area contributed by atoms with Crippen LogP contribution in [0.25, 0.3) is 0 Å². The number of sulfonamides is 1. The second kappa shape index (κ2) is 11.6. The molecule has 34 heavy (non-hydrogen) atoms. The molecule has 0 bridgehead atoms. The van der Waals surface area contributed by atoms with Gasteiger partial charge in [-0.25, -0.2) is 8.42 Å². The van der Waals surface area contributed by atoms with Gasteiger partial charge in [0, 0.05) is 12.6 Å². The second-order valence-electron chi connectivity index (χ2n) is 8.27. The van der Waals surface area contributed by atoms with Crippen LogP contribution in [-0.4, -0.2) is 50.0 Å². The van der Waals surface area contributed by atoms with Crippen molar-refractivity contribution in [3.05, 3.63) is 62.6 Å². The lowest BCUT2D eigenvalue weighted by Crippen LogP contribution is -2.52. The predicted octanol–water partition coefficient (Wildman–Crippen LogP) is 4.66. The van der Waals surface area contributed by atoms with Crippen LogP contribution in [0.1, 0.15) is 31.9 Å². The quantitative estimate of drug-likeness (QED) is 0.462. The molecule has 0 aliphatic rings. The lowest BCUT2D eigenvalue weighted by atomic mass is 10.1. The fourth-order valence-corrected chi connectivity index (χ4v) is 4.80. The standard InChI is InChI=1S/C23H28Cl3N3O4S/c1-14(2)27-23(31)16(4)28(12-17-9-7-6-8-15(17)3)22(30)13-29(34(5,32)33)21-11-19(25)18(24)10-20(21)26/h6-11,14,16H,12-13H2,1-5H3,(H,27,31). The van der Waals surface area contributed by atoms with Crippen molar-refractivity contribution >= 4 is 62.3 Å². The van der Waals surface area contributed by atoms with Crippen LogP contribution < -0.4 is 9.62 Å². The van der Waals surface area contributed by atoms with E-state index in [1.165, 1.54) is 17.0 Å². The molecule has 0 aromatic heterocycles. The Labute approximate surface area is 216 Å². The van der Waals surface area contributed by atoms with Gasteiger partial charge in [-0.05, 0) is 51.0 Å². The monoisotopic (exact) mass is 547 g/mol. The molecule has 2 amide bonds. The van der Waals surface area contributed by atoms with Crippen LogP contribution in [0.3, 0.4) is 0 Å². The minimum atomic E-state index is -3.95. The van der Waals surface area contributed by atoms with Crippen molar-refractivity contribution < 1.29 is 18.0 Å². The van der Waals surface area contributed by atoms with Crippen LogP contribution in [0, 0.1) is 6.92 Å².